The number of methoxy groups -OCH3 is 1. The second-order valence-corrected chi connectivity index (χ2v) is 2.21. The molecule has 0 aliphatic rings. The van der Waals surface area contributed by atoms with Crippen molar-refractivity contribution in [3.05, 3.63) is 28.3 Å². The first-order valence-corrected chi connectivity index (χ1v) is 3.38. The number of nitro benzene ring substituents is 1. The third-order valence-corrected chi connectivity index (χ3v) is 1.48. The molecule has 0 unspecified atom stereocenters. The Morgan fingerprint density at radius 1 is 1.46 bits per heavy atom. The summed E-state index contributed by atoms with van der Waals surface area (Å²) in [5.74, 6) is 5.39. The van der Waals surface area contributed by atoms with E-state index in [-0.39, 0.29) is 17.2 Å². The summed E-state index contributed by atoms with van der Waals surface area (Å²) in [5, 5.41) is 10.3. The molecule has 1 aromatic rings. The van der Waals surface area contributed by atoms with Gasteiger partial charge in [0.1, 0.15) is 0 Å². The number of nitro groups is 1. The topological polar surface area (TPSA) is 87.6 Å². The summed E-state index contributed by atoms with van der Waals surface area (Å²) in [4.78, 5) is 14.2. The van der Waals surface area contributed by atoms with Crippen molar-refractivity contribution in [3.8, 4) is 11.5 Å². The van der Waals surface area contributed by atoms with Crippen molar-refractivity contribution in [2.24, 2.45) is 5.90 Å². The quantitative estimate of drug-likeness (QED) is 0.555. The average Bonchev–Trinajstić information content (AvgIpc) is 2.16. The first-order chi connectivity index (χ1) is 6.19. The maximum absolute atomic E-state index is 10.3. The standard InChI is InChI=1S/C7H8N2O4/c1-12-7-4-5(9(10)11)2-3-6(7)13-8/h2-4H,8H2,1H3. The van der Waals surface area contributed by atoms with E-state index in [0.717, 1.165) is 0 Å². The number of hydrogen-bond acceptors (Lipinski definition) is 5. The molecule has 1 aromatic carbocycles. The monoisotopic (exact) mass is 184 g/mol. The van der Waals surface area contributed by atoms with E-state index in [0.29, 0.717) is 0 Å². The van der Waals surface area contributed by atoms with Crippen molar-refractivity contribution in [3.63, 3.8) is 0 Å². The molecule has 0 saturated carbocycles. The van der Waals surface area contributed by atoms with Crippen LogP contribution in [-0.2, 0) is 0 Å². The summed E-state index contributed by atoms with van der Waals surface area (Å²) < 4.78 is 4.82. The Labute approximate surface area is 74.0 Å². The van der Waals surface area contributed by atoms with Crippen LogP contribution in [0, 0.1) is 10.1 Å². The lowest BCUT2D eigenvalue weighted by Gasteiger charge is -2.04. The predicted molar refractivity (Wildman–Crippen MR) is 44.5 cm³/mol. The smallest absolute Gasteiger partial charge is 0.273 e. The van der Waals surface area contributed by atoms with Gasteiger partial charge >= 0.3 is 0 Å². The predicted octanol–water partition coefficient (Wildman–Crippen LogP) is 0.856. The summed E-state index contributed by atoms with van der Waals surface area (Å²) >= 11 is 0. The number of ether oxygens (including phenoxy) is 1. The van der Waals surface area contributed by atoms with Gasteiger partial charge in [0.25, 0.3) is 5.69 Å². The van der Waals surface area contributed by atoms with Crippen molar-refractivity contribution < 1.29 is 14.5 Å². The minimum atomic E-state index is -0.525. The van der Waals surface area contributed by atoms with Crippen molar-refractivity contribution in [1.82, 2.24) is 0 Å². The number of benzene rings is 1. The molecule has 6 nitrogen and oxygen atoms in total. The van der Waals surface area contributed by atoms with E-state index in [9.17, 15) is 10.1 Å². The SMILES string of the molecule is COc1cc([N+](=O)[O-])ccc1ON. The first-order valence-electron chi connectivity index (χ1n) is 3.38. The van der Waals surface area contributed by atoms with Gasteiger partial charge < -0.3 is 9.57 Å². The second kappa shape index (κ2) is 3.72. The van der Waals surface area contributed by atoms with Crippen molar-refractivity contribution in [2.75, 3.05) is 7.11 Å². The second-order valence-electron chi connectivity index (χ2n) is 2.21. The van der Waals surface area contributed by atoms with E-state index in [1.165, 1.54) is 25.3 Å². The zero-order chi connectivity index (χ0) is 9.84. The van der Waals surface area contributed by atoms with Gasteiger partial charge in [0.2, 0.25) is 0 Å². The number of non-ortho nitro benzene ring substituents is 1. The molecule has 0 aromatic heterocycles. The molecule has 0 heterocycles. The first kappa shape index (κ1) is 9.27. The lowest BCUT2D eigenvalue weighted by molar-refractivity contribution is -0.384. The Balaban J connectivity index is 3.13. The van der Waals surface area contributed by atoms with E-state index in [4.69, 9.17) is 10.6 Å². The van der Waals surface area contributed by atoms with Crippen LogP contribution in [0.15, 0.2) is 18.2 Å². The van der Waals surface area contributed by atoms with Gasteiger partial charge in [0.15, 0.2) is 11.5 Å². The molecule has 0 saturated heterocycles. The minimum absolute atomic E-state index is 0.0716. The van der Waals surface area contributed by atoms with Crippen molar-refractivity contribution >= 4 is 5.69 Å². The van der Waals surface area contributed by atoms with Gasteiger partial charge in [-0.1, -0.05) is 0 Å². The van der Waals surface area contributed by atoms with Crippen LogP contribution in [0.4, 0.5) is 5.69 Å². The molecule has 2 N–H and O–H groups in total. The van der Waals surface area contributed by atoms with Crippen LogP contribution in [0.3, 0.4) is 0 Å². The third kappa shape index (κ3) is 1.85. The van der Waals surface area contributed by atoms with Crippen LogP contribution in [-0.4, -0.2) is 12.0 Å². The summed E-state index contributed by atoms with van der Waals surface area (Å²) in [6.45, 7) is 0. The summed E-state index contributed by atoms with van der Waals surface area (Å²) in [5.41, 5.74) is -0.0716. The van der Waals surface area contributed by atoms with E-state index in [1.54, 1.807) is 0 Å². The van der Waals surface area contributed by atoms with Crippen LogP contribution >= 0.6 is 0 Å². The molecule has 0 aliphatic heterocycles. The number of nitrogens with two attached hydrogens (primary N) is 1. The zero-order valence-corrected chi connectivity index (χ0v) is 6.89. The van der Waals surface area contributed by atoms with Gasteiger partial charge in [-0.2, -0.15) is 5.90 Å². The molecule has 0 fully saturated rings. The average molecular weight is 184 g/mol. The van der Waals surface area contributed by atoms with E-state index in [1.807, 2.05) is 0 Å². The fraction of sp³-hybridized carbons (Fsp3) is 0.143. The van der Waals surface area contributed by atoms with Crippen molar-refractivity contribution in [1.29, 1.82) is 0 Å². The Morgan fingerprint density at radius 2 is 2.15 bits per heavy atom. The fourth-order valence-corrected chi connectivity index (χ4v) is 0.867. The Morgan fingerprint density at radius 3 is 2.62 bits per heavy atom. The maximum atomic E-state index is 10.3. The summed E-state index contributed by atoms with van der Waals surface area (Å²) in [6.07, 6.45) is 0. The van der Waals surface area contributed by atoms with Crippen LogP contribution in [0.1, 0.15) is 0 Å². The maximum Gasteiger partial charge on any atom is 0.273 e. The van der Waals surface area contributed by atoms with E-state index in [2.05, 4.69) is 4.84 Å². The molecule has 0 atom stereocenters. The Kier molecular flexibility index (Phi) is 2.65. The molecular weight excluding hydrogens is 176 g/mol. The molecule has 1 rings (SSSR count). The molecule has 0 bridgehead atoms. The summed E-state index contributed by atoms with van der Waals surface area (Å²) in [6, 6.07) is 3.89. The highest BCUT2D eigenvalue weighted by atomic mass is 16.6. The summed E-state index contributed by atoms with van der Waals surface area (Å²) in [7, 11) is 1.38. The van der Waals surface area contributed by atoms with Crippen molar-refractivity contribution in [2.45, 2.75) is 0 Å². The Bertz CT molecular complexity index is 326. The van der Waals surface area contributed by atoms with Crippen LogP contribution < -0.4 is 15.5 Å². The van der Waals surface area contributed by atoms with Gasteiger partial charge in [0.05, 0.1) is 18.1 Å². The third-order valence-electron chi connectivity index (χ3n) is 1.48. The highest BCUT2D eigenvalue weighted by molar-refractivity contribution is 5.48. The van der Waals surface area contributed by atoms with E-state index >= 15 is 0 Å². The van der Waals surface area contributed by atoms with Crippen LogP contribution in [0.5, 0.6) is 11.5 Å². The highest BCUT2D eigenvalue weighted by Gasteiger charge is 2.11. The molecule has 0 spiro atoms. The molecule has 0 aliphatic carbocycles. The van der Waals surface area contributed by atoms with Gasteiger partial charge in [-0.3, -0.25) is 10.1 Å². The lowest BCUT2D eigenvalue weighted by Crippen LogP contribution is -2.03. The number of nitrogens with zero attached hydrogens (tertiary/aromatic N) is 1. The molecular formula is C7H8N2O4. The minimum Gasteiger partial charge on any atom is -0.493 e. The van der Waals surface area contributed by atoms with Gasteiger partial charge in [-0.25, -0.2) is 0 Å². The highest BCUT2D eigenvalue weighted by Crippen LogP contribution is 2.29. The fourth-order valence-electron chi connectivity index (χ4n) is 0.867. The van der Waals surface area contributed by atoms with Gasteiger partial charge in [-0.05, 0) is 6.07 Å². The van der Waals surface area contributed by atoms with E-state index < -0.39 is 4.92 Å². The zero-order valence-electron chi connectivity index (χ0n) is 6.89. The largest absolute Gasteiger partial charge is 0.493 e. The number of hydrogen-bond donors (Lipinski definition) is 1. The van der Waals surface area contributed by atoms with Crippen LogP contribution in [0.2, 0.25) is 0 Å². The molecule has 13 heavy (non-hydrogen) atoms. The van der Waals surface area contributed by atoms with Gasteiger partial charge in [0, 0.05) is 6.07 Å². The lowest BCUT2D eigenvalue weighted by atomic mass is 10.3. The Hall–Kier alpha value is -1.82. The molecule has 0 amide bonds. The molecule has 0 radical (unpaired) electrons. The molecule has 70 valence electrons. The molecule has 6 heteroatoms. The van der Waals surface area contributed by atoms with Crippen LogP contribution in [0.25, 0.3) is 0 Å². The van der Waals surface area contributed by atoms with Gasteiger partial charge in [-0.15, -0.1) is 0 Å². The number of rotatable bonds is 3. The normalized spacial score (nSPS) is 9.38.